The zero-order valence-corrected chi connectivity index (χ0v) is 9.99. The number of benzene rings is 1. The third-order valence-electron chi connectivity index (χ3n) is 2.48. The Bertz CT molecular complexity index is 516. The van der Waals surface area contributed by atoms with E-state index in [-0.39, 0.29) is 12.0 Å². The van der Waals surface area contributed by atoms with Gasteiger partial charge < -0.3 is 5.11 Å². The number of carboxylic acids is 1. The first-order valence-corrected chi connectivity index (χ1v) is 5.42. The van der Waals surface area contributed by atoms with E-state index in [1.165, 1.54) is 19.1 Å². The molecular weight excluding hydrogens is 261 g/mol. The number of carboxylic acid groups (broad SMARTS) is 1. The van der Waals surface area contributed by atoms with Gasteiger partial charge in [0.1, 0.15) is 5.57 Å². The van der Waals surface area contributed by atoms with Crippen molar-refractivity contribution in [2.75, 3.05) is 0 Å². The number of halogens is 3. The van der Waals surface area contributed by atoms with E-state index >= 15 is 0 Å². The lowest BCUT2D eigenvalue weighted by atomic mass is 9.95. The van der Waals surface area contributed by atoms with E-state index in [0.717, 1.165) is 0 Å². The summed E-state index contributed by atoms with van der Waals surface area (Å²) >= 11 is 0. The average Bonchev–Trinajstić information content (AvgIpc) is 2.34. The van der Waals surface area contributed by atoms with Crippen molar-refractivity contribution >= 4 is 17.3 Å². The first kappa shape index (κ1) is 14.9. The SMILES string of the molecule is CCC(=C(C(=O)O)C(=O)C(F)(F)F)c1ccccc1. The van der Waals surface area contributed by atoms with Gasteiger partial charge in [-0.15, -0.1) is 0 Å². The molecule has 1 rings (SSSR count). The van der Waals surface area contributed by atoms with Crippen LogP contribution >= 0.6 is 0 Å². The number of hydrogen-bond acceptors (Lipinski definition) is 2. The first-order chi connectivity index (χ1) is 8.79. The number of allylic oxidation sites excluding steroid dienone is 1. The van der Waals surface area contributed by atoms with Crippen LogP contribution in [0.3, 0.4) is 0 Å². The van der Waals surface area contributed by atoms with Gasteiger partial charge in [0, 0.05) is 0 Å². The summed E-state index contributed by atoms with van der Waals surface area (Å²) in [6.07, 6.45) is -5.20. The summed E-state index contributed by atoms with van der Waals surface area (Å²) in [6, 6.07) is 7.69. The van der Waals surface area contributed by atoms with Crippen molar-refractivity contribution in [3.63, 3.8) is 0 Å². The molecule has 19 heavy (non-hydrogen) atoms. The Kier molecular flexibility index (Phi) is 4.47. The third-order valence-corrected chi connectivity index (χ3v) is 2.48. The Morgan fingerprint density at radius 1 is 1.16 bits per heavy atom. The number of rotatable bonds is 4. The van der Waals surface area contributed by atoms with Crippen LogP contribution in [0.15, 0.2) is 35.9 Å². The smallest absolute Gasteiger partial charge is 0.455 e. The summed E-state index contributed by atoms with van der Waals surface area (Å²) in [5, 5.41) is 8.89. The van der Waals surface area contributed by atoms with Crippen LogP contribution in [0, 0.1) is 0 Å². The molecule has 0 aliphatic carbocycles. The molecule has 102 valence electrons. The number of carbonyl (C=O) groups is 2. The lowest BCUT2D eigenvalue weighted by Gasteiger charge is -2.12. The van der Waals surface area contributed by atoms with Crippen molar-refractivity contribution in [1.82, 2.24) is 0 Å². The molecule has 0 saturated heterocycles. The first-order valence-electron chi connectivity index (χ1n) is 5.42. The second-order valence-electron chi connectivity index (χ2n) is 3.71. The largest absolute Gasteiger partial charge is 0.478 e. The fourth-order valence-corrected chi connectivity index (χ4v) is 1.67. The standard InChI is InChI=1S/C13H11F3O3/c1-2-9(8-6-4-3-5-7-8)10(12(18)19)11(17)13(14,15)16/h3-7H,2H2,1H3,(H,18,19). The third kappa shape index (κ3) is 3.43. The van der Waals surface area contributed by atoms with Crippen LogP contribution in [-0.4, -0.2) is 23.0 Å². The molecule has 0 amide bonds. The minimum atomic E-state index is -5.21. The van der Waals surface area contributed by atoms with Crippen LogP contribution < -0.4 is 0 Å². The maximum atomic E-state index is 12.4. The molecule has 1 N–H and O–H groups in total. The zero-order chi connectivity index (χ0) is 14.6. The topological polar surface area (TPSA) is 54.4 Å². The molecule has 0 spiro atoms. The Morgan fingerprint density at radius 3 is 2.05 bits per heavy atom. The predicted molar refractivity (Wildman–Crippen MR) is 62.4 cm³/mol. The number of aliphatic carboxylic acids is 1. The minimum Gasteiger partial charge on any atom is -0.478 e. The van der Waals surface area contributed by atoms with Crippen LogP contribution in [0.1, 0.15) is 18.9 Å². The van der Waals surface area contributed by atoms with Crippen molar-refractivity contribution in [1.29, 1.82) is 0 Å². The zero-order valence-electron chi connectivity index (χ0n) is 9.99. The van der Waals surface area contributed by atoms with Crippen molar-refractivity contribution in [2.24, 2.45) is 0 Å². The Morgan fingerprint density at radius 2 is 1.68 bits per heavy atom. The van der Waals surface area contributed by atoms with Crippen LogP contribution in [0.4, 0.5) is 13.2 Å². The second-order valence-corrected chi connectivity index (χ2v) is 3.71. The highest BCUT2D eigenvalue weighted by molar-refractivity contribution is 6.23. The molecule has 0 heterocycles. The number of carbonyl (C=O) groups excluding carboxylic acids is 1. The number of Topliss-reactive ketones (excluding diaryl/α,β-unsaturated/α-hetero) is 1. The van der Waals surface area contributed by atoms with E-state index < -0.39 is 23.5 Å². The molecule has 0 radical (unpaired) electrons. The number of alkyl halides is 3. The maximum Gasteiger partial charge on any atom is 0.455 e. The van der Waals surface area contributed by atoms with Gasteiger partial charge in [0.2, 0.25) is 0 Å². The van der Waals surface area contributed by atoms with Crippen LogP contribution in [0.2, 0.25) is 0 Å². The number of ketones is 1. The molecule has 3 nitrogen and oxygen atoms in total. The summed E-state index contributed by atoms with van der Waals surface area (Å²) in [5.74, 6) is -4.20. The lowest BCUT2D eigenvalue weighted by Crippen LogP contribution is -2.29. The maximum absolute atomic E-state index is 12.4. The van der Waals surface area contributed by atoms with Crippen molar-refractivity contribution in [3.05, 3.63) is 41.5 Å². The highest BCUT2D eigenvalue weighted by Crippen LogP contribution is 2.28. The van der Waals surface area contributed by atoms with Crippen molar-refractivity contribution in [3.8, 4) is 0 Å². The molecule has 0 unspecified atom stereocenters. The fraction of sp³-hybridized carbons (Fsp3) is 0.231. The van der Waals surface area contributed by atoms with E-state index in [9.17, 15) is 22.8 Å². The molecule has 1 aromatic carbocycles. The van der Waals surface area contributed by atoms with Crippen LogP contribution in [0.5, 0.6) is 0 Å². The van der Waals surface area contributed by atoms with E-state index in [4.69, 9.17) is 5.11 Å². The summed E-state index contributed by atoms with van der Waals surface area (Å²) in [5.41, 5.74) is -1.06. The van der Waals surface area contributed by atoms with Gasteiger partial charge in [-0.1, -0.05) is 37.3 Å². The van der Waals surface area contributed by atoms with Gasteiger partial charge in [-0.25, -0.2) is 4.79 Å². The van der Waals surface area contributed by atoms with Crippen LogP contribution in [0.25, 0.3) is 5.57 Å². The molecule has 1 aromatic rings. The summed E-state index contributed by atoms with van der Waals surface area (Å²) < 4.78 is 37.3. The minimum absolute atomic E-state index is 0.00741. The summed E-state index contributed by atoms with van der Waals surface area (Å²) in [6.45, 7) is 1.49. The molecule has 0 aliphatic rings. The molecule has 0 bridgehead atoms. The van der Waals surface area contributed by atoms with E-state index in [1.54, 1.807) is 18.2 Å². The lowest BCUT2D eigenvalue weighted by molar-refractivity contribution is -0.168. The quantitative estimate of drug-likeness (QED) is 0.520. The van der Waals surface area contributed by atoms with Crippen molar-refractivity contribution in [2.45, 2.75) is 19.5 Å². The van der Waals surface area contributed by atoms with Gasteiger partial charge in [0.25, 0.3) is 5.78 Å². The van der Waals surface area contributed by atoms with Gasteiger partial charge >= 0.3 is 12.1 Å². The number of hydrogen-bond donors (Lipinski definition) is 1. The molecule has 0 saturated carbocycles. The second kappa shape index (κ2) is 5.69. The summed E-state index contributed by atoms with van der Waals surface area (Å²) in [4.78, 5) is 22.2. The van der Waals surface area contributed by atoms with Gasteiger partial charge in [-0.3, -0.25) is 4.79 Å². The van der Waals surface area contributed by atoms with Gasteiger partial charge in [0.05, 0.1) is 0 Å². The Labute approximate surface area is 107 Å². The molecule has 0 atom stereocenters. The Balaban J connectivity index is 3.47. The highest BCUT2D eigenvalue weighted by Gasteiger charge is 2.44. The molecule has 0 fully saturated rings. The van der Waals surface area contributed by atoms with Gasteiger partial charge in [-0.05, 0) is 17.6 Å². The van der Waals surface area contributed by atoms with E-state index in [2.05, 4.69) is 0 Å². The highest BCUT2D eigenvalue weighted by atomic mass is 19.4. The van der Waals surface area contributed by atoms with E-state index in [1.807, 2.05) is 0 Å². The molecule has 0 aliphatic heterocycles. The Hall–Kier alpha value is -2.11. The van der Waals surface area contributed by atoms with Gasteiger partial charge in [-0.2, -0.15) is 13.2 Å². The predicted octanol–water partition coefficient (Wildman–Crippen LogP) is 3.07. The van der Waals surface area contributed by atoms with Gasteiger partial charge in [0.15, 0.2) is 0 Å². The summed E-state index contributed by atoms with van der Waals surface area (Å²) in [7, 11) is 0. The van der Waals surface area contributed by atoms with Crippen LogP contribution in [-0.2, 0) is 9.59 Å². The van der Waals surface area contributed by atoms with Crippen molar-refractivity contribution < 1.29 is 27.9 Å². The molecule has 6 heteroatoms. The molecule has 0 aromatic heterocycles. The monoisotopic (exact) mass is 272 g/mol. The normalized spacial score (nSPS) is 12.8. The molecular formula is C13H11F3O3. The average molecular weight is 272 g/mol. The van der Waals surface area contributed by atoms with E-state index in [0.29, 0.717) is 5.56 Å². The fourth-order valence-electron chi connectivity index (χ4n) is 1.67.